The summed E-state index contributed by atoms with van der Waals surface area (Å²) < 4.78 is 69.8. The third-order valence-electron chi connectivity index (χ3n) is 1.42. The Hall–Kier alpha value is -1.11. The maximum absolute atomic E-state index is 12.7. The Labute approximate surface area is 77.4 Å². The van der Waals surface area contributed by atoms with E-state index in [2.05, 4.69) is 0 Å². The zero-order valence-electron chi connectivity index (χ0n) is 6.60. The van der Waals surface area contributed by atoms with E-state index in [0.29, 0.717) is 6.07 Å². The van der Waals surface area contributed by atoms with Crippen molar-refractivity contribution in [3.05, 3.63) is 35.1 Å². The average Bonchev–Trinajstić information content (AvgIpc) is 1.97. The summed E-state index contributed by atoms with van der Waals surface area (Å²) in [6, 6.07) is 0.470. The van der Waals surface area contributed by atoms with Crippen LogP contribution in [0.2, 0.25) is 0 Å². The Morgan fingerprint density at radius 1 is 1.00 bits per heavy atom. The molecule has 0 aliphatic carbocycles. The first-order valence-corrected chi connectivity index (χ1v) is 4.90. The first-order chi connectivity index (χ1) is 6.29. The van der Waals surface area contributed by atoms with Crippen LogP contribution >= 0.6 is 0 Å². The third-order valence-corrected chi connectivity index (χ3v) is 2.07. The van der Waals surface area contributed by atoms with E-state index in [1.165, 1.54) is 0 Å². The minimum Gasteiger partial charge on any atom is -0.207 e. The summed E-state index contributed by atoms with van der Waals surface area (Å²) in [6.07, 6.45) is 0. The molecule has 0 unspecified atom stereocenters. The van der Waals surface area contributed by atoms with Crippen LogP contribution in [0.25, 0.3) is 0 Å². The number of benzene rings is 1. The van der Waals surface area contributed by atoms with E-state index < -0.39 is 39.0 Å². The van der Waals surface area contributed by atoms with Crippen LogP contribution < -0.4 is 0 Å². The van der Waals surface area contributed by atoms with E-state index in [4.69, 9.17) is 0 Å². The van der Waals surface area contributed by atoms with Crippen LogP contribution in [0.1, 0.15) is 5.56 Å². The highest BCUT2D eigenvalue weighted by Gasteiger charge is 2.16. The summed E-state index contributed by atoms with van der Waals surface area (Å²) in [7, 11) is -4.96. The van der Waals surface area contributed by atoms with Crippen molar-refractivity contribution >= 4 is 10.2 Å². The monoisotopic (exact) mass is 228 g/mol. The topological polar surface area (TPSA) is 34.1 Å². The molecule has 0 aliphatic heterocycles. The van der Waals surface area contributed by atoms with Gasteiger partial charge in [-0.25, -0.2) is 13.2 Å². The third kappa shape index (κ3) is 2.69. The fourth-order valence-corrected chi connectivity index (χ4v) is 1.45. The van der Waals surface area contributed by atoms with Gasteiger partial charge < -0.3 is 0 Å². The van der Waals surface area contributed by atoms with Gasteiger partial charge in [-0.1, -0.05) is 0 Å². The van der Waals surface area contributed by atoms with Crippen LogP contribution in [0, 0.1) is 17.5 Å². The molecule has 0 atom stereocenters. The summed E-state index contributed by atoms with van der Waals surface area (Å²) in [5.74, 6) is -5.49. The lowest BCUT2D eigenvalue weighted by atomic mass is 10.2. The van der Waals surface area contributed by atoms with Gasteiger partial charge in [0, 0.05) is 11.6 Å². The minimum absolute atomic E-state index is 0.163. The molecule has 1 aromatic rings. The van der Waals surface area contributed by atoms with E-state index >= 15 is 0 Å². The molecule has 1 aromatic carbocycles. The van der Waals surface area contributed by atoms with Crippen molar-refractivity contribution in [2.45, 2.75) is 5.75 Å². The maximum Gasteiger partial charge on any atom is 0.306 e. The highest BCUT2D eigenvalue weighted by molar-refractivity contribution is 7.85. The van der Waals surface area contributed by atoms with E-state index in [1.54, 1.807) is 0 Å². The first kappa shape index (κ1) is 11.0. The van der Waals surface area contributed by atoms with E-state index in [1.807, 2.05) is 0 Å². The van der Waals surface area contributed by atoms with Crippen LogP contribution in [0.4, 0.5) is 17.1 Å². The predicted molar refractivity (Wildman–Crippen MR) is 40.0 cm³/mol. The van der Waals surface area contributed by atoms with Crippen molar-refractivity contribution < 1.29 is 25.5 Å². The molecule has 1 rings (SSSR count). The molecule has 0 fully saturated rings. The second kappa shape index (κ2) is 3.56. The first-order valence-electron chi connectivity index (χ1n) is 3.35. The van der Waals surface area contributed by atoms with Crippen molar-refractivity contribution in [1.82, 2.24) is 0 Å². The van der Waals surface area contributed by atoms with Crippen molar-refractivity contribution in [1.29, 1.82) is 0 Å². The Kier molecular flexibility index (Phi) is 2.79. The van der Waals surface area contributed by atoms with E-state index in [9.17, 15) is 25.5 Å². The second-order valence-electron chi connectivity index (χ2n) is 2.54. The predicted octanol–water partition coefficient (Wildman–Crippen LogP) is 1.90. The molecule has 0 radical (unpaired) electrons. The summed E-state index contributed by atoms with van der Waals surface area (Å²) in [5.41, 5.74) is -0.744. The average molecular weight is 228 g/mol. The Morgan fingerprint density at radius 2 is 1.50 bits per heavy atom. The Bertz CT molecular complexity index is 455. The van der Waals surface area contributed by atoms with E-state index in [-0.39, 0.29) is 6.07 Å². The molecular weight excluding hydrogens is 224 g/mol. The molecule has 0 heterocycles. The van der Waals surface area contributed by atoms with Crippen molar-refractivity contribution in [3.8, 4) is 0 Å². The van der Waals surface area contributed by atoms with Gasteiger partial charge in [-0.2, -0.15) is 8.42 Å². The summed E-state index contributed by atoms with van der Waals surface area (Å²) in [5, 5.41) is 0. The van der Waals surface area contributed by atoms with Crippen LogP contribution in [0.15, 0.2) is 12.1 Å². The molecule has 0 aliphatic rings. The zero-order valence-corrected chi connectivity index (χ0v) is 7.41. The van der Waals surface area contributed by atoms with E-state index in [0.717, 1.165) is 0 Å². The molecule has 0 aromatic heterocycles. The van der Waals surface area contributed by atoms with Crippen LogP contribution in [0.3, 0.4) is 0 Å². The largest absolute Gasteiger partial charge is 0.306 e. The van der Waals surface area contributed by atoms with Crippen molar-refractivity contribution in [2.24, 2.45) is 0 Å². The SMILES string of the molecule is O=S(=O)(F)Cc1cc(F)c(F)cc1F. The lowest BCUT2D eigenvalue weighted by Crippen LogP contribution is -2.01. The molecule has 0 bridgehead atoms. The maximum atomic E-state index is 12.7. The summed E-state index contributed by atoms with van der Waals surface area (Å²) in [6.45, 7) is 0. The summed E-state index contributed by atoms with van der Waals surface area (Å²) in [4.78, 5) is 0. The number of hydrogen-bond donors (Lipinski definition) is 0. The van der Waals surface area contributed by atoms with Gasteiger partial charge >= 0.3 is 10.2 Å². The normalized spacial score (nSPS) is 11.7. The summed E-state index contributed by atoms with van der Waals surface area (Å²) >= 11 is 0. The van der Waals surface area contributed by atoms with Gasteiger partial charge in [0.15, 0.2) is 11.6 Å². The van der Waals surface area contributed by atoms with Crippen LogP contribution in [-0.4, -0.2) is 8.42 Å². The zero-order chi connectivity index (χ0) is 10.9. The Morgan fingerprint density at radius 3 is 2.00 bits per heavy atom. The quantitative estimate of drug-likeness (QED) is 0.440. The fraction of sp³-hybridized carbons (Fsp3) is 0.143. The van der Waals surface area contributed by atoms with Crippen LogP contribution in [-0.2, 0) is 16.0 Å². The molecule has 14 heavy (non-hydrogen) atoms. The highest BCUT2D eigenvalue weighted by Crippen LogP contribution is 2.16. The number of rotatable bonds is 2. The lowest BCUT2D eigenvalue weighted by molar-refractivity contribution is 0.490. The smallest absolute Gasteiger partial charge is 0.207 e. The molecule has 0 saturated heterocycles. The Balaban J connectivity index is 3.17. The number of hydrogen-bond acceptors (Lipinski definition) is 2. The van der Waals surface area contributed by atoms with Gasteiger partial charge in [0.2, 0.25) is 0 Å². The van der Waals surface area contributed by atoms with Gasteiger partial charge in [-0.3, -0.25) is 0 Å². The lowest BCUT2D eigenvalue weighted by Gasteiger charge is -2.00. The van der Waals surface area contributed by atoms with Gasteiger partial charge in [0.25, 0.3) is 0 Å². The van der Waals surface area contributed by atoms with Gasteiger partial charge in [0.1, 0.15) is 11.6 Å². The van der Waals surface area contributed by atoms with Gasteiger partial charge in [-0.15, -0.1) is 3.89 Å². The number of halogens is 4. The standard InChI is InChI=1S/C7H4F4O2S/c8-5-2-7(10)6(9)1-4(5)3-14(11,12)13/h1-2H,3H2. The highest BCUT2D eigenvalue weighted by atomic mass is 32.3. The molecule has 0 amide bonds. The van der Waals surface area contributed by atoms with Crippen molar-refractivity contribution in [3.63, 3.8) is 0 Å². The molecular formula is C7H4F4O2S. The molecule has 78 valence electrons. The van der Waals surface area contributed by atoms with Crippen molar-refractivity contribution in [2.75, 3.05) is 0 Å². The molecule has 2 nitrogen and oxygen atoms in total. The molecule has 0 spiro atoms. The minimum atomic E-state index is -4.96. The molecule has 0 saturated carbocycles. The molecule has 7 heteroatoms. The van der Waals surface area contributed by atoms with Crippen LogP contribution in [0.5, 0.6) is 0 Å². The fourth-order valence-electron chi connectivity index (χ4n) is 0.860. The molecule has 0 N–H and O–H groups in total. The van der Waals surface area contributed by atoms with Gasteiger partial charge in [-0.05, 0) is 6.07 Å². The van der Waals surface area contributed by atoms with Gasteiger partial charge in [0.05, 0.1) is 0 Å². The second-order valence-corrected chi connectivity index (χ2v) is 3.91.